The molecule has 1 unspecified atom stereocenters. The first kappa shape index (κ1) is 9.15. The molecule has 2 N–H and O–H groups in total. The number of methoxy groups -OCH3 is 1. The number of nitrogens with zero attached hydrogens (tertiary/aromatic N) is 2. The van der Waals surface area contributed by atoms with Crippen molar-refractivity contribution in [2.75, 3.05) is 13.7 Å². The summed E-state index contributed by atoms with van der Waals surface area (Å²) in [5, 5.41) is 7.61. The third-order valence-electron chi connectivity index (χ3n) is 1.54. The van der Waals surface area contributed by atoms with Crippen LogP contribution >= 0.6 is 0 Å². The molecule has 0 bridgehead atoms. The molecule has 0 aliphatic rings. The maximum Gasteiger partial charge on any atom is 0.244 e. The van der Waals surface area contributed by atoms with Crippen molar-refractivity contribution in [3.8, 4) is 0 Å². The minimum absolute atomic E-state index is 0.149. The van der Waals surface area contributed by atoms with E-state index in [2.05, 4.69) is 10.2 Å². The summed E-state index contributed by atoms with van der Waals surface area (Å²) in [5.74, 6) is 1.07. The summed E-state index contributed by atoms with van der Waals surface area (Å²) >= 11 is 0. The van der Waals surface area contributed by atoms with E-state index in [1.54, 1.807) is 7.11 Å². The van der Waals surface area contributed by atoms with Crippen molar-refractivity contribution < 1.29 is 9.15 Å². The molecule has 1 aromatic heterocycles. The number of rotatable bonds is 4. The summed E-state index contributed by atoms with van der Waals surface area (Å²) < 4.78 is 10.2. The number of nitrogens with two attached hydrogens (primary N) is 1. The largest absolute Gasteiger partial charge is 0.422 e. The van der Waals surface area contributed by atoms with Gasteiger partial charge >= 0.3 is 0 Å². The van der Waals surface area contributed by atoms with E-state index in [-0.39, 0.29) is 6.10 Å². The molecule has 0 spiro atoms. The minimum atomic E-state index is -0.149. The molecular weight excluding hydrogens is 158 g/mol. The molecule has 68 valence electrons. The maximum absolute atomic E-state index is 5.32. The normalized spacial score (nSPS) is 13.2. The fraction of sp³-hybridized carbons (Fsp3) is 0.714. The van der Waals surface area contributed by atoms with Gasteiger partial charge < -0.3 is 14.9 Å². The quantitative estimate of drug-likeness (QED) is 0.704. The molecule has 12 heavy (non-hydrogen) atoms. The van der Waals surface area contributed by atoms with Crippen LogP contribution < -0.4 is 5.73 Å². The predicted octanol–water partition coefficient (Wildman–Crippen LogP) is 0.278. The zero-order valence-corrected chi connectivity index (χ0v) is 7.28. The topological polar surface area (TPSA) is 74.2 Å². The molecule has 0 fully saturated rings. The van der Waals surface area contributed by atoms with Crippen LogP contribution in [0.1, 0.15) is 24.8 Å². The summed E-state index contributed by atoms with van der Waals surface area (Å²) in [6.07, 6.45) is 0.465. The van der Waals surface area contributed by atoms with Crippen LogP contribution in [0.25, 0.3) is 0 Å². The third-order valence-corrected chi connectivity index (χ3v) is 1.54. The van der Waals surface area contributed by atoms with Gasteiger partial charge in [-0.1, -0.05) is 0 Å². The summed E-state index contributed by atoms with van der Waals surface area (Å²) in [7, 11) is 1.59. The SMILES string of the molecule is COC(C)c1nnc(CCN)o1. The second kappa shape index (κ2) is 4.18. The van der Waals surface area contributed by atoms with Crippen molar-refractivity contribution in [2.24, 2.45) is 5.73 Å². The molecule has 0 aromatic carbocycles. The Balaban J connectivity index is 2.63. The van der Waals surface area contributed by atoms with Gasteiger partial charge in [0.2, 0.25) is 11.8 Å². The highest BCUT2D eigenvalue weighted by Crippen LogP contribution is 2.13. The van der Waals surface area contributed by atoms with E-state index in [1.165, 1.54) is 0 Å². The van der Waals surface area contributed by atoms with Crippen molar-refractivity contribution in [2.45, 2.75) is 19.4 Å². The number of aromatic nitrogens is 2. The maximum atomic E-state index is 5.32. The van der Waals surface area contributed by atoms with E-state index >= 15 is 0 Å². The smallest absolute Gasteiger partial charge is 0.244 e. The summed E-state index contributed by atoms with van der Waals surface area (Å²) in [6.45, 7) is 2.36. The van der Waals surface area contributed by atoms with Crippen molar-refractivity contribution in [3.05, 3.63) is 11.8 Å². The first-order chi connectivity index (χ1) is 5.77. The molecule has 0 aliphatic carbocycles. The van der Waals surface area contributed by atoms with Crippen LogP contribution in [0.3, 0.4) is 0 Å². The monoisotopic (exact) mass is 171 g/mol. The average Bonchev–Trinajstić information content (AvgIpc) is 2.52. The first-order valence-electron chi connectivity index (χ1n) is 3.83. The van der Waals surface area contributed by atoms with Gasteiger partial charge in [0.15, 0.2) is 0 Å². The number of hydrogen-bond donors (Lipinski definition) is 1. The van der Waals surface area contributed by atoms with Gasteiger partial charge in [0.05, 0.1) is 0 Å². The second-order valence-corrected chi connectivity index (χ2v) is 2.45. The van der Waals surface area contributed by atoms with Gasteiger partial charge in [-0.05, 0) is 6.92 Å². The van der Waals surface area contributed by atoms with Gasteiger partial charge in [0, 0.05) is 20.1 Å². The Morgan fingerprint density at radius 2 is 2.33 bits per heavy atom. The van der Waals surface area contributed by atoms with Crippen molar-refractivity contribution in [1.82, 2.24) is 10.2 Å². The van der Waals surface area contributed by atoms with Crippen LogP contribution in [0.15, 0.2) is 4.42 Å². The molecule has 0 radical (unpaired) electrons. The number of ether oxygens (including phenoxy) is 1. The van der Waals surface area contributed by atoms with Gasteiger partial charge in [0.1, 0.15) is 6.10 Å². The molecule has 0 saturated carbocycles. The van der Waals surface area contributed by atoms with Gasteiger partial charge in [-0.3, -0.25) is 0 Å². The van der Waals surface area contributed by atoms with Gasteiger partial charge in [-0.25, -0.2) is 0 Å². The lowest BCUT2D eigenvalue weighted by Crippen LogP contribution is -2.02. The van der Waals surface area contributed by atoms with Crippen LogP contribution in [0.2, 0.25) is 0 Å². The molecule has 1 heterocycles. The van der Waals surface area contributed by atoms with Crippen molar-refractivity contribution >= 4 is 0 Å². The van der Waals surface area contributed by atoms with E-state index in [4.69, 9.17) is 14.9 Å². The highest BCUT2D eigenvalue weighted by molar-refractivity contribution is 4.85. The first-order valence-corrected chi connectivity index (χ1v) is 3.83. The third kappa shape index (κ3) is 2.02. The zero-order chi connectivity index (χ0) is 8.97. The summed E-state index contributed by atoms with van der Waals surface area (Å²) in [6, 6.07) is 0. The Morgan fingerprint density at radius 3 is 2.92 bits per heavy atom. The summed E-state index contributed by atoms with van der Waals surface area (Å²) in [5.41, 5.74) is 5.32. The van der Waals surface area contributed by atoms with Crippen LogP contribution in [0.4, 0.5) is 0 Å². The van der Waals surface area contributed by atoms with Gasteiger partial charge in [-0.15, -0.1) is 10.2 Å². The lowest BCUT2D eigenvalue weighted by molar-refractivity contribution is 0.0936. The van der Waals surface area contributed by atoms with Gasteiger partial charge in [0.25, 0.3) is 0 Å². The lowest BCUT2D eigenvalue weighted by atomic mass is 10.4. The van der Waals surface area contributed by atoms with E-state index in [1.807, 2.05) is 6.92 Å². The van der Waals surface area contributed by atoms with E-state index in [9.17, 15) is 0 Å². The van der Waals surface area contributed by atoms with Crippen molar-refractivity contribution in [3.63, 3.8) is 0 Å². The molecule has 1 atom stereocenters. The Kier molecular flexibility index (Phi) is 3.19. The molecule has 0 aliphatic heterocycles. The second-order valence-electron chi connectivity index (χ2n) is 2.45. The Bertz CT molecular complexity index is 236. The highest BCUT2D eigenvalue weighted by atomic mass is 16.5. The number of hydrogen-bond acceptors (Lipinski definition) is 5. The molecule has 5 nitrogen and oxygen atoms in total. The lowest BCUT2D eigenvalue weighted by Gasteiger charge is -2.01. The van der Waals surface area contributed by atoms with E-state index < -0.39 is 0 Å². The molecule has 1 aromatic rings. The molecule has 0 amide bonds. The molecular formula is C7H13N3O2. The highest BCUT2D eigenvalue weighted by Gasteiger charge is 2.11. The Hall–Kier alpha value is -0.940. The van der Waals surface area contributed by atoms with Crippen molar-refractivity contribution in [1.29, 1.82) is 0 Å². The standard InChI is InChI=1S/C7H13N3O2/c1-5(11-2)7-10-9-6(12-7)3-4-8/h5H,3-4,8H2,1-2H3. The molecule has 0 saturated heterocycles. The Morgan fingerprint density at radius 1 is 1.58 bits per heavy atom. The van der Waals surface area contributed by atoms with Crippen LogP contribution in [0.5, 0.6) is 0 Å². The van der Waals surface area contributed by atoms with E-state index in [0.717, 1.165) is 0 Å². The van der Waals surface area contributed by atoms with Crippen LogP contribution in [-0.2, 0) is 11.2 Å². The minimum Gasteiger partial charge on any atom is -0.422 e. The Labute approximate surface area is 70.9 Å². The fourth-order valence-electron chi connectivity index (χ4n) is 0.756. The molecule has 1 rings (SSSR count). The zero-order valence-electron chi connectivity index (χ0n) is 7.28. The molecule has 5 heteroatoms. The summed E-state index contributed by atoms with van der Waals surface area (Å²) in [4.78, 5) is 0. The van der Waals surface area contributed by atoms with E-state index in [0.29, 0.717) is 24.7 Å². The fourth-order valence-corrected chi connectivity index (χ4v) is 0.756. The average molecular weight is 171 g/mol. The van der Waals surface area contributed by atoms with Crippen LogP contribution in [0, 0.1) is 0 Å². The predicted molar refractivity (Wildman–Crippen MR) is 42.5 cm³/mol. The van der Waals surface area contributed by atoms with Gasteiger partial charge in [-0.2, -0.15) is 0 Å². The van der Waals surface area contributed by atoms with Crippen LogP contribution in [-0.4, -0.2) is 23.9 Å².